The minimum Gasteiger partial charge on any atom is -0.480 e. The number of urea groups is 1. The Morgan fingerprint density at radius 1 is 1.40 bits per heavy atom. The van der Waals surface area contributed by atoms with Crippen molar-refractivity contribution in [2.24, 2.45) is 0 Å². The van der Waals surface area contributed by atoms with Crippen molar-refractivity contribution in [1.82, 2.24) is 5.32 Å². The minimum absolute atomic E-state index is 0.00450. The maximum absolute atomic E-state index is 13.4. The Labute approximate surface area is 114 Å². The lowest BCUT2D eigenvalue weighted by molar-refractivity contribution is -0.148. The van der Waals surface area contributed by atoms with Crippen molar-refractivity contribution in [2.45, 2.75) is 24.8 Å². The van der Waals surface area contributed by atoms with E-state index in [4.69, 9.17) is 10.4 Å². The van der Waals surface area contributed by atoms with Gasteiger partial charge in [-0.05, 0) is 31.4 Å². The van der Waals surface area contributed by atoms with E-state index < -0.39 is 23.4 Å². The molecule has 6 nitrogen and oxygen atoms in total. The average molecular weight is 277 g/mol. The number of carbonyl (C=O) groups is 2. The number of nitrogens with zero attached hydrogens (tertiary/aromatic N) is 1. The molecular weight excluding hydrogens is 265 g/mol. The van der Waals surface area contributed by atoms with Crippen LogP contribution in [0.1, 0.15) is 24.8 Å². The Morgan fingerprint density at radius 2 is 2.10 bits per heavy atom. The van der Waals surface area contributed by atoms with E-state index in [2.05, 4.69) is 10.6 Å². The zero-order chi connectivity index (χ0) is 14.8. The van der Waals surface area contributed by atoms with E-state index in [1.54, 1.807) is 6.07 Å². The molecule has 0 heterocycles. The molecule has 0 bridgehead atoms. The number of anilines is 1. The highest BCUT2D eigenvalue weighted by Crippen LogP contribution is 2.32. The lowest BCUT2D eigenvalue weighted by Gasteiger charge is -2.38. The summed E-state index contributed by atoms with van der Waals surface area (Å²) in [7, 11) is 0. The fraction of sp³-hybridized carbons (Fsp3) is 0.308. The summed E-state index contributed by atoms with van der Waals surface area (Å²) in [5.41, 5.74) is -1.55. The van der Waals surface area contributed by atoms with Crippen molar-refractivity contribution < 1.29 is 19.1 Å². The van der Waals surface area contributed by atoms with E-state index in [1.807, 2.05) is 0 Å². The zero-order valence-electron chi connectivity index (χ0n) is 10.4. The van der Waals surface area contributed by atoms with Gasteiger partial charge < -0.3 is 15.7 Å². The summed E-state index contributed by atoms with van der Waals surface area (Å²) in [4.78, 5) is 22.9. The van der Waals surface area contributed by atoms with Crippen LogP contribution in [0.4, 0.5) is 14.9 Å². The first-order valence-electron chi connectivity index (χ1n) is 6.00. The number of halogens is 1. The number of carbonyl (C=O) groups excluding carboxylic acids is 1. The Hall–Kier alpha value is -2.62. The molecule has 0 radical (unpaired) electrons. The molecule has 1 saturated carbocycles. The quantitative estimate of drug-likeness (QED) is 0.784. The van der Waals surface area contributed by atoms with Gasteiger partial charge in [0.05, 0.1) is 5.69 Å². The van der Waals surface area contributed by atoms with Gasteiger partial charge in [-0.3, -0.25) is 0 Å². The van der Waals surface area contributed by atoms with Gasteiger partial charge in [0.25, 0.3) is 0 Å². The summed E-state index contributed by atoms with van der Waals surface area (Å²) < 4.78 is 13.4. The molecule has 3 N–H and O–H groups in total. The summed E-state index contributed by atoms with van der Waals surface area (Å²) in [6.07, 6.45) is 1.42. The maximum Gasteiger partial charge on any atom is 0.329 e. The van der Waals surface area contributed by atoms with Crippen molar-refractivity contribution in [2.75, 3.05) is 5.32 Å². The summed E-state index contributed by atoms with van der Waals surface area (Å²) in [5.74, 6) is -1.85. The van der Waals surface area contributed by atoms with E-state index in [0.717, 1.165) is 12.5 Å². The molecule has 0 saturated heterocycles. The monoisotopic (exact) mass is 277 g/mol. The lowest BCUT2D eigenvalue weighted by atomic mass is 9.77. The number of aliphatic carboxylic acids is 1. The molecule has 0 aliphatic heterocycles. The third-order valence-corrected chi connectivity index (χ3v) is 3.34. The van der Waals surface area contributed by atoms with E-state index in [9.17, 15) is 14.0 Å². The largest absolute Gasteiger partial charge is 0.480 e. The predicted molar refractivity (Wildman–Crippen MR) is 67.5 cm³/mol. The number of rotatable bonds is 3. The van der Waals surface area contributed by atoms with Crippen LogP contribution in [-0.4, -0.2) is 22.6 Å². The second kappa shape index (κ2) is 5.17. The van der Waals surface area contributed by atoms with Crippen LogP contribution in [0.15, 0.2) is 18.2 Å². The second-order valence-electron chi connectivity index (χ2n) is 4.59. The summed E-state index contributed by atoms with van der Waals surface area (Å²) in [5, 5.41) is 22.6. The van der Waals surface area contributed by atoms with Crippen LogP contribution in [-0.2, 0) is 4.79 Å². The number of carboxylic acids is 1. The molecule has 20 heavy (non-hydrogen) atoms. The highest BCUT2D eigenvalue weighted by atomic mass is 19.1. The van der Waals surface area contributed by atoms with Crippen molar-refractivity contribution in [1.29, 1.82) is 5.26 Å². The first-order valence-corrected chi connectivity index (χ1v) is 6.00. The molecule has 0 aromatic heterocycles. The first-order chi connectivity index (χ1) is 9.48. The van der Waals surface area contributed by atoms with Gasteiger partial charge in [0.2, 0.25) is 0 Å². The smallest absolute Gasteiger partial charge is 0.329 e. The maximum atomic E-state index is 13.4. The summed E-state index contributed by atoms with van der Waals surface area (Å²) >= 11 is 0. The predicted octanol–water partition coefficient (Wildman–Crippen LogP) is 1.83. The Bertz CT molecular complexity index is 605. The molecule has 7 heteroatoms. The molecule has 2 rings (SSSR count). The Morgan fingerprint density at radius 3 is 2.60 bits per heavy atom. The third kappa shape index (κ3) is 2.40. The molecule has 1 aliphatic carbocycles. The minimum atomic E-state index is -1.26. The molecule has 0 atom stereocenters. The van der Waals surface area contributed by atoms with E-state index in [-0.39, 0.29) is 11.3 Å². The van der Waals surface area contributed by atoms with Crippen molar-refractivity contribution in [3.8, 4) is 6.07 Å². The van der Waals surface area contributed by atoms with E-state index >= 15 is 0 Å². The number of hydrogen-bond donors (Lipinski definition) is 3. The van der Waals surface area contributed by atoms with Crippen molar-refractivity contribution in [3.63, 3.8) is 0 Å². The molecule has 1 fully saturated rings. The fourth-order valence-corrected chi connectivity index (χ4v) is 2.04. The molecule has 1 aromatic rings. The third-order valence-electron chi connectivity index (χ3n) is 3.34. The summed E-state index contributed by atoms with van der Waals surface area (Å²) in [6, 6.07) is 4.70. The van der Waals surface area contributed by atoms with Gasteiger partial charge in [-0.25, -0.2) is 14.0 Å². The van der Waals surface area contributed by atoms with Crippen LogP contribution in [0.25, 0.3) is 0 Å². The lowest BCUT2D eigenvalue weighted by Crippen LogP contribution is -2.60. The number of hydrogen-bond acceptors (Lipinski definition) is 3. The van der Waals surface area contributed by atoms with Gasteiger partial charge in [-0.15, -0.1) is 0 Å². The average Bonchev–Trinajstić information content (AvgIpc) is 2.33. The van der Waals surface area contributed by atoms with Crippen LogP contribution in [0, 0.1) is 17.1 Å². The number of carboxylic acid groups (broad SMARTS) is 1. The fourth-order valence-electron chi connectivity index (χ4n) is 2.04. The molecule has 0 spiro atoms. The van der Waals surface area contributed by atoms with Crippen molar-refractivity contribution in [3.05, 3.63) is 29.6 Å². The number of nitrogens with one attached hydrogen (secondary N) is 2. The van der Waals surface area contributed by atoms with Gasteiger partial charge in [0, 0.05) is 0 Å². The molecule has 0 unspecified atom stereocenters. The summed E-state index contributed by atoms with van der Waals surface area (Å²) in [6.45, 7) is 0. The van der Waals surface area contributed by atoms with Crippen LogP contribution in [0.2, 0.25) is 0 Å². The Kier molecular flexibility index (Phi) is 3.57. The first kappa shape index (κ1) is 13.8. The van der Waals surface area contributed by atoms with Crippen LogP contribution < -0.4 is 10.6 Å². The van der Waals surface area contributed by atoms with E-state index in [1.165, 1.54) is 12.1 Å². The standard InChI is InChI=1S/C13H12FN3O3/c14-9-3-1-4-10(8(9)7-15)16-12(20)17-13(11(18)19)5-2-6-13/h1,3-4H,2,5-6H2,(H,18,19)(H2,16,17,20). The van der Waals surface area contributed by atoms with E-state index in [0.29, 0.717) is 12.8 Å². The highest BCUT2D eigenvalue weighted by molar-refractivity contribution is 5.95. The van der Waals surface area contributed by atoms with Crippen molar-refractivity contribution >= 4 is 17.7 Å². The molecule has 104 valence electrons. The Balaban J connectivity index is 2.11. The number of benzene rings is 1. The molecule has 1 aliphatic rings. The highest BCUT2D eigenvalue weighted by Gasteiger charge is 2.45. The topological polar surface area (TPSA) is 102 Å². The SMILES string of the molecule is N#Cc1c(F)cccc1NC(=O)NC1(C(=O)O)CCC1. The van der Waals surface area contributed by atoms with Gasteiger partial charge in [0.15, 0.2) is 0 Å². The van der Waals surface area contributed by atoms with Crippen LogP contribution in [0.5, 0.6) is 0 Å². The molecule has 1 aromatic carbocycles. The van der Waals surface area contributed by atoms with Gasteiger partial charge in [-0.2, -0.15) is 5.26 Å². The number of nitriles is 1. The number of amides is 2. The normalized spacial score (nSPS) is 15.6. The molecular formula is C13H12FN3O3. The van der Waals surface area contributed by atoms with Crippen LogP contribution in [0.3, 0.4) is 0 Å². The zero-order valence-corrected chi connectivity index (χ0v) is 10.4. The second-order valence-corrected chi connectivity index (χ2v) is 4.59. The van der Waals surface area contributed by atoms with Gasteiger partial charge >= 0.3 is 12.0 Å². The van der Waals surface area contributed by atoms with Gasteiger partial charge in [0.1, 0.15) is 23.0 Å². The van der Waals surface area contributed by atoms with Crippen LogP contribution >= 0.6 is 0 Å². The molecule has 2 amide bonds. The van der Waals surface area contributed by atoms with Gasteiger partial charge in [-0.1, -0.05) is 6.07 Å².